The monoisotopic (exact) mass is 1110 g/mol. The Balaban J connectivity index is 0.000000193. The Hall–Kier alpha value is -3.42. The van der Waals surface area contributed by atoms with Crippen LogP contribution in [-0.2, 0) is 13.8 Å². The number of ketones is 1. The molecule has 2 aromatic carbocycles. The largest absolute Gasteiger partial charge is 0.413 e. The van der Waals surface area contributed by atoms with E-state index in [1.54, 1.807) is 11.1 Å². The number of aliphatic hydroxyl groups is 3. The lowest BCUT2D eigenvalue weighted by Gasteiger charge is -2.42. The Labute approximate surface area is 482 Å². The Morgan fingerprint density at radius 1 is 0.747 bits per heavy atom. The fraction of sp³-hybridized carbons (Fsp3) is 0.620. The van der Waals surface area contributed by atoms with Gasteiger partial charge in [-0.05, 0) is 200 Å². The molecule has 0 bridgehead atoms. The van der Waals surface area contributed by atoms with E-state index in [9.17, 15) is 24.7 Å². The second-order valence-corrected chi connectivity index (χ2v) is 35.4. The van der Waals surface area contributed by atoms with Crippen LogP contribution in [0.1, 0.15) is 185 Å². The summed E-state index contributed by atoms with van der Waals surface area (Å²) in [5, 5.41) is 32.0. The van der Waals surface area contributed by atoms with E-state index in [4.69, 9.17) is 4.43 Å². The second kappa shape index (κ2) is 27.3. The number of fused-ring (bicyclic) bond motifs is 2. The molecule has 4 fully saturated rings. The third kappa shape index (κ3) is 17.1. The zero-order valence-corrected chi connectivity index (χ0v) is 53.5. The van der Waals surface area contributed by atoms with Crippen LogP contribution in [0.3, 0.4) is 0 Å². The van der Waals surface area contributed by atoms with Crippen molar-refractivity contribution in [1.29, 1.82) is 0 Å². The van der Waals surface area contributed by atoms with Gasteiger partial charge in [0.2, 0.25) is 0 Å². The molecule has 8 rings (SSSR count). The van der Waals surface area contributed by atoms with Gasteiger partial charge in [0.05, 0.1) is 23.4 Å². The third-order valence-electron chi connectivity index (χ3n) is 19.1. The molecule has 0 saturated heterocycles. The van der Waals surface area contributed by atoms with Gasteiger partial charge in [0.1, 0.15) is 12.9 Å². The maximum atomic E-state index is 14.1. The molecular weight excluding hydrogens is 1010 g/mol. The predicted molar refractivity (Wildman–Crippen MR) is 338 cm³/mol. The van der Waals surface area contributed by atoms with Crippen LogP contribution in [0.4, 0.5) is 0 Å². The van der Waals surface area contributed by atoms with Gasteiger partial charge in [0, 0.05) is 35.5 Å². The molecule has 0 aliphatic heterocycles. The van der Waals surface area contributed by atoms with Gasteiger partial charge in [0.25, 0.3) is 0 Å². The number of benzene rings is 2. The van der Waals surface area contributed by atoms with E-state index in [2.05, 4.69) is 119 Å². The van der Waals surface area contributed by atoms with Gasteiger partial charge < -0.3 is 24.3 Å². The standard InChI is InChI=1S/C27H42O3.C23H27OP.C21H38O2Si/c1-18(8-6-14-26(3,4)30)23-12-13-24-20(9-7-15-27(23,24)5)10-11-21-16-22(28)17-25(29)19(21)2;1-18-16-19(2)20(3)21(17-18)14-15-25(24,22-10-6-4-7-11-22)23-12-8-5-9-13-23;1-16(10-8-14-20(2,3)23-24(5,6)7)17-12-13-18-19(22)11-9-15-21(17,18)4/h10-12,18,22,24-25,28-30H,2,6-9,13-17H2,1,3-5H3;4-14,18-19H,3,15-17H2,1-2H3;12,16,18H,8-11,13-15H2,1-7H3/b20-10+,21-11-;21-14-;/t18-,22-,24?,25-,27+;18-,19+;16-,18?,21+/m010/s1. The van der Waals surface area contributed by atoms with E-state index in [0.717, 1.165) is 86.0 Å². The summed E-state index contributed by atoms with van der Waals surface area (Å²) in [6.45, 7) is 37.5. The van der Waals surface area contributed by atoms with Crippen molar-refractivity contribution in [1.82, 2.24) is 0 Å². The van der Waals surface area contributed by atoms with Crippen molar-refractivity contribution in [2.45, 2.75) is 228 Å². The first-order valence-electron chi connectivity index (χ1n) is 30.9. The minimum absolute atomic E-state index is 0.0124. The molecule has 436 valence electrons. The van der Waals surface area contributed by atoms with Crippen molar-refractivity contribution >= 4 is 31.9 Å². The van der Waals surface area contributed by atoms with Gasteiger partial charge in [-0.15, -0.1) is 0 Å². The zero-order chi connectivity index (χ0) is 58.1. The van der Waals surface area contributed by atoms with E-state index in [1.807, 2.05) is 74.5 Å². The molecule has 79 heavy (non-hydrogen) atoms. The topological polar surface area (TPSA) is 104 Å². The summed E-state index contributed by atoms with van der Waals surface area (Å²) in [6, 6.07) is 19.8. The number of hydrogen-bond donors (Lipinski definition) is 3. The SMILES string of the molecule is C=C1/C(=C\C=C2/CCC[C@]3(C)C([C@@H](C)CCCC(C)(C)O)=CCC23)C[C@H](O)C[C@@H]1O.C=C1/C(=C\CP(=O)(c2ccccc2)c2ccccc2)C[C@H](C)C[C@@H]1C.C[C@@H](CCCC(C)(C)O[Si](C)(C)C)C1=CCC2C(=O)CCC[C@]12C. The highest BCUT2D eigenvalue weighted by molar-refractivity contribution is 7.78. The van der Waals surface area contributed by atoms with Crippen molar-refractivity contribution in [2.24, 2.45) is 46.3 Å². The Morgan fingerprint density at radius 2 is 1.28 bits per heavy atom. The molecule has 10 atom stereocenters. The first-order chi connectivity index (χ1) is 37.0. The Bertz CT molecular complexity index is 2560. The molecule has 0 amide bonds. The average molecular weight is 1120 g/mol. The summed E-state index contributed by atoms with van der Waals surface area (Å²) in [6.07, 6.45) is 29.5. The molecule has 0 aromatic heterocycles. The summed E-state index contributed by atoms with van der Waals surface area (Å²) in [5.41, 5.74) is 8.79. The van der Waals surface area contributed by atoms with E-state index < -0.39 is 33.3 Å². The lowest BCUT2D eigenvalue weighted by atomic mass is 9.62. The first kappa shape index (κ1) is 64.7. The molecule has 3 N–H and O–H groups in total. The second-order valence-electron chi connectivity index (χ2n) is 28.1. The molecule has 0 spiro atoms. The van der Waals surface area contributed by atoms with Gasteiger partial charge >= 0.3 is 0 Å². The molecule has 2 unspecified atom stereocenters. The molecule has 6 aliphatic rings. The minimum Gasteiger partial charge on any atom is -0.413 e. The van der Waals surface area contributed by atoms with Crippen molar-refractivity contribution in [3.8, 4) is 0 Å². The molecule has 4 saturated carbocycles. The van der Waals surface area contributed by atoms with Crippen molar-refractivity contribution < 1.29 is 29.1 Å². The Morgan fingerprint density at radius 3 is 1.84 bits per heavy atom. The highest BCUT2D eigenvalue weighted by Gasteiger charge is 2.48. The fourth-order valence-corrected chi connectivity index (χ4v) is 19.3. The van der Waals surface area contributed by atoms with Crippen LogP contribution < -0.4 is 10.6 Å². The van der Waals surface area contributed by atoms with Gasteiger partial charge in [-0.1, -0.05) is 175 Å². The first-order valence-corrected chi connectivity index (χ1v) is 36.2. The van der Waals surface area contributed by atoms with Crippen LogP contribution in [0.2, 0.25) is 19.6 Å². The lowest BCUT2D eigenvalue weighted by molar-refractivity contribution is -0.128. The number of rotatable bonds is 17. The quantitative estimate of drug-likeness (QED) is 0.0828. The summed E-state index contributed by atoms with van der Waals surface area (Å²) in [4.78, 5) is 12.3. The van der Waals surface area contributed by atoms with Gasteiger partial charge in [0.15, 0.2) is 8.32 Å². The summed E-state index contributed by atoms with van der Waals surface area (Å²) in [7, 11) is -4.16. The maximum absolute atomic E-state index is 14.1. The molecule has 6 nitrogen and oxygen atoms in total. The number of carbonyl (C=O) groups excluding carboxylic acids is 1. The van der Waals surface area contributed by atoms with Crippen LogP contribution in [0.5, 0.6) is 0 Å². The fourth-order valence-electron chi connectivity index (χ4n) is 15.1. The van der Waals surface area contributed by atoms with Crippen molar-refractivity contribution in [3.05, 3.63) is 143 Å². The smallest absolute Gasteiger partial charge is 0.184 e. The lowest BCUT2D eigenvalue weighted by Crippen LogP contribution is -2.38. The molecular formula is C71H107O6PSi. The van der Waals surface area contributed by atoms with Crippen LogP contribution in [0.15, 0.2) is 143 Å². The van der Waals surface area contributed by atoms with E-state index in [1.165, 1.54) is 55.2 Å². The zero-order valence-electron chi connectivity index (χ0n) is 51.6. The molecule has 8 heteroatoms. The minimum atomic E-state index is -2.67. The maximum Gasteiger partial charge on any atom is 0.184 e. The van der Waals surface area contributed by atoms with Crippen molar-refractivity contribution in [3.63, 3.8) is 0 Å². The molecule has 6 aliphatic carbocycles. The van der Waals surface area contributed by atoms with E-state index in [-0.39, 0.29) is 22.3 Å². The molecule has 0 radical (unpaired) electrons. The number of hydrogen-bond acceptors (Lipinski definition) is 6. The van der Waals surface area contributed by atoms with Gasteiger partial charge in [-0.3, -0.25) is 4.79 Å². The van der Waals surface area contributed by atoms with E-state index >= 15 is 0 Å². The van der Waals surface area contributed by atoms with Gasteiger partial charge in [-0.2, -0.15) is 0 Å². The normalized spacial score (nSPS) is 29.9. The van der Waals surface area contributed by atoms with Crippen LogP contribution in [0.25, 0.3) is 0 Å². The third-order valence-corrected chi connectivity index (χ3v) is 23.3. The predicted octanol–water partition coefficient (Wildman–Crippen LogP) is 17.3. The summed E-state index contributed by atoms with van der Waals surface area (Å²) in [5.74, 6) is 3.67. The highest BCUT2D eigenvalue weighted by atomic mass is 31.2. The van der Waals surface area contributed by atoms with Crippen LogP contribution >= 0.6 is 7.14 Å². The average Bonchev–Trinajstić information content (AvgIpc) is 4.10. The summed E-state index contributed by atoms with van der Waals surface area (Å²) >= 11 is 0. The van der Waals surface area contributed by atoms with Crippen LogP contribution in [-0.4, -0.2) is 59.0 Å². The number of aliphatic hydroxyl groups excluding tert-OH is 2. The number of carbonyl (C=O) groups is 1. The molecule has 0 heterocycles. The van der Waals surface area contributed by atoms with Crippen LogP contribution in [0, 0.1) is 46.3 Å². The van der Waals surface area contributed by atoms with E-state index in [0.29, 0.717) is 54.4 Å². The summed E-state index contributed by atoms with van der Waals surface area (Å²) < 4.78 is 20.4. The molecule has 2 aromatic rings. The van der Waals surface area contributed by atoms with Crippen molar-refractivity contribution in [2.75, 3.05) is 6.16 Å². The number of allylic oxidation sites excluding steroid dienone is 10. The highest BCUT2D eigenvalue weighted by Crippen LogP contribution is 2.58. The number of Topliss-reactive ketones (excluding diaryl/α,β-unsaturated/α-hetero) is 1. The Kier molecular flexibility index (Phi) is 22.4. The van der Waals surface area contributed by atoms with Gasteiger partial charge in [-0.25, -0.2) is 0 Å².